The maximum atomic E-state index is 10.3. The highest BCUT2D eigenvalue weighted by Gasteiger charge is 2.03. The standard InChI is InChI=1S/C23H43N3O11.C14H24O7.C9H19N3O4.CH3/c1-29-6-7-32-12-13-34-11-9-31-5-3-26-20-22(24-25-26)21-37-19-18-36-17-16-35-15-14-33-10-8-30-4-2-23(27)28;1-2-4-17-6-8-19-10-12-21-13-11-20-9-7-18-5-3-14(15)16;1-13-4-5-15-8-9-16-7-6-14-3-2-11-12-10;/h20H,2-19,21H2,1H3,(H,27,28);1H,3-13H2,(H,15,16);2-9H2,1H3;1H3/q;;;-1. The van der Waals surface area contributed by atoms with Crippen molar-refractivity contribution >= 4 is 11.9 Å². The number of methoxy groups -OCH3 is 2. The SMILES string of the molecule is C#CCOCCOCCOCCOCCOCCC(=O)O.COCCOCCOCCOCCN=[N+]=[N-].COCCOCCOCCOCCn1cc(COCCOCCOCCOCCOCCC(=O)O)nn1.[CH3-]. The van der Waals surface area contributed by atoms with E-state index in [4.69, 9.17) is 107 Å². The summed E-state index contributed by atoms with van der Waals surface area (Å²) < 4.78 is 95.9. The summed E-state index contributed by atoms with van der Waals surface area (Å²) in [5, 5.41) is 28.3. The van der Waals surface area contributed by atoms with Gasteiger partial charge in [0.15, 0.2) is 0 Å². The van der Waals surface area contributed by atoms with Crippen LogP contribution in [0.5, 0.6) is 0 Å². The van der Waals surface area contributed by atoms with Crippen molar-refractivity contribution in [2.24, 2.45) is 5.11 Å². The molecule has 0 saturated carbocycles. The number of azide groups is 1. The van der Waals surface area contributed by atoms with Crippen LogP contribution < -0.4 is 0 Å². The highest BCUT2D eigenvalue weighted by Crippen LogP contribution is 1.97. The monoisotopic (exact) mass is 1090 g/mol. The molecule has 28 heteroatoms. The number of hydrogen-bond acceptors (Lipinski definition) is 23. The number of ether oxygens (including phenoxy) is 18. The van der Waals surface area contributed by atoms with Crippen LogP contribution in [0.4, 0.5) is 0 Å². The summed E-state index contributed by atoms with van der Waals surface area (Å²) in [6, 6.07) is 0. The lowest BCUT2D eigenvalue weighted by Crippen LogP contribution is -2.13. The van der Waals surface area contributed by atoms with E-state index >= 15 is 0 Å². The van der Waals surface area contributed by atoms with Crippen LogP contribution in [0, 0.1) is 19.8 Å². The summed E-state index contributed by atoms with van der Waals surface area (Å²) in [4.78, 5) is 23.1. The van der Waals surface area contributed by atoms with Crippen LogP contribution in [0.1, 0.15) is 18.5 Å². The third kappa shape index (κ3) is 70.2. The molecule has 0 fully saturated rings. The van der Waals surface area contributed by atoms with Crippen molar-refractivity contribution < 1.29 is 105 Å². The van der Waals surface area contributed by atoms with Crippen molar-refractivity contribution in [2.45, 2.75) is 26.0 Å². The number of hydrogen-bond donors (Lipinski definition) is 2. The molecule has 1 aromatic rings. The van der Waals surface area contributed by atoms with Crippen LogP contribution in [0.2, 0.25) is 0 Å². The number of rotatable bonds is 57. The van der Waals surface area contributed by atoms with Crippen molar-refractivity contribution in [1.82, 2.24) is 15.0 Å². The van der Waals surface area contributed by atoms with Crippen molar-refractivity contribution in [1.29, 1.82) is 0 Å². The van der Waals surface area contributed by atoms with E-state index in [1.165, 1.54) is 0 Å². The zero-order chi connectivity index (χ0) is 54.2. The molecule has 75 heavy (non-hydrogen) atoms. The molecule has 1 aromatic heterocycles. The third-order valence-corrected chi connectivity index (χ3v) is 8.13. The van der Waals surface area contributed by atoms with Crippen molar-refractivity contribution in [3.05, 3.63) is 29.8 Å². The molecule has 440 valence electrons. The zero-order valence-corrected chi connectivity index (χ0v) is 44.8. The quantitative estimate of drug-likeness (QED) is 0.0234. The Morgan fingerprint density at radius 3 is 1.15 bits per heavy atom. The number of nitrogens with zero attached hydrogens (tertiary/aromatic N) is 6. The zero-order valence-electron chi connectivity index (χ0n) is 44.8. The molecule has 0 saturated heterocycles. The highest BCUT2D eigenvalue weighted by molar-refractivity contribution is 5.67. The molecule has 0 aliphatic heterocycles. The summed E-state index contributed by atoms with van der Waals surface area (Å²) in [6.45, 7) is 16.7. The number of aliphatic carboxylic acids is 2. The predicted octanol–water partition coefficient (Wildman–Crippen LogP) is 1.65. The predicted molar refractivity (Wildman–Crippen MR) is 269 cm³/mol. The Labute approximate surface area is 443 Å². The Balaban J connectivity index is -0.00000115. The molecule has 0 aliphatic rings. The van der Waals surface area contributed by atoms with Crippen LogP contribution in [-0.2, 0) is 108 Å². The van der Waals surface area contributed by atoms with Gasteiger partial charge in [-0.2, -0.15) is 0 Å². The molecule has 1 rings (SSSR count). The van der Waals surface area contributed by atoms with Crippen LogP contribution >= 0.6 is 0 Å². The van der Waals surface area contributed by atoms with Gasteiger partial charge in [-0.25, -0.2) is 4.68 Å². The molecule has 0 atom stereocenters. The summed E-state index contributed by atoms with van der Waals surface area (Å²) in [5.74, 6) is 0.627. The molecule has 2 N–H and O–H groups in total. The normalized spacial score (nSPS) is 10.7. The van der Waals surface area contributed by atoms with Gasteiger partial charge in [0.05, 0.1) is 244 Å². The van der Waals surface area contributed by atoms with Gasteiger partial charge in [0.25, 0.3) is 0 Å². The second-order valence-corrected chi connectivity index (χ2v) is 14.1. The summed E-state index contributed by atoms with van der Waals surface area (Å²) in [7, 11) is 3.27. The van der Waals surface area contributed by atoms with Gasteiger partial charge >= 0.3 is 11.9 Å². The van der Waals surface area contributed by atoms with E-state index in [9.17, 15) is 9.59 Å². The van der Waals surface area contributed by atoms with E-state index in [0.29, 0.717) is 225 Å². The maximum absolute atomic E-state index is 10.3. The molecular formula is C47H89N6O22-. The second kappa shape index (κ2) is 68.2. The molecule has 0 aliphatic carbocycles. The first kappa shape index (κ1) is 75.5. The smallest absolute Gasteiger partial charge is 0.305 e. The molecule has 0 amide bonds. The Bertz CT molecular complexity index is 1400. The first-order chi connectivity index (χ1) is 36.4. The average Bonchev–Trinajstić information content (AvgIpc) is 3.85. The lowest BCUT2D eigenvalue weighted by atomic mass is 10.5. The lowest BCUT2D eigenvalue weighted by Gasteiger charge is -2.07. The number of carboxylic acid groups (broad SMARTS) is 2. The number of aromatic nitrogens is 3. The second-order valence-electron chi connectivity index (χ2n) is 14.1. The van der Waals surface area contributed by atoms with Crippen molar-refractivity contribution in [3.63, 3.8) is 0 Å². The van der Waals surface area contributed by atoms with Gasteiger partial charge in [0.1, 0.15) is 12.3 Å². The fraction of sp³-hybridized carbons (Fsp3) is 0.851. The van der Waals surface area contributed by atoms with Gasteiger partial charge in [0, 0.05) is 25.7 Å². The Hall–Kier alpha value is -3.77. The van der Waals surface area contributed by atoms with E-state index in [1.807, 2.05) is 6.20 Å². The number of carbonyl (C=O) groups is 2. The molecule has 0 unspecified atom stereocenters. The molecule has 0 aromatic carbocycles. The minimum atomic E-state index is -0.875. The molecule has 0 radical (unpaired) electrons. The van der Waals surface area contributed by atoms with E-state index in [-0.39, 0.29) is 33.5 Å². The topological polar surface area (TPSA) is 320 Å². The molecule has 0 spiro atoms. The fourth-order valence-electron chi connectivity index (χ4n) is 4.58. The average molecular weight is 1090 g/mol. The van der Waals surface area contributed by atoms with Crippen LogP contribution in [-0.4, -0.2) is 276 Å². The van der Waals surface area contributed by atoms with E-state index < -0.39 is 11.9 Å². The first-order valence-electron chi connectivity index (χ1n) is 24.4. The van der Waals surface area contributed by atoms with E-state index in [0.717, 1.165) is 5.69 Å². The summed E-state index contributed by atoms with van der Waals surface area (Å²) in [6.07, 6.45) is 6.85. The lowest BCUT2D eigenvalue weighted by molar-refractivity contribution is -0.139. The van der Waals surface area contributed by atoms with Crippen LogP contribution in [0.25, 0.3) is 10.4 Å². The van der Waals surface area contributed by atoms with Crippen LogP contribution in [0.15, 0.2) is 11.3 Å². The molecule has 28 nitrogen and oxygen atoms in total. The van der Waals surface area contributed by atoms with Gasteiger partial charge < -0.3 is 103 Å². The third-order valence-electron chi connectivity index (χ3n) is 8.13. The van der Waals surface area contributed by atoms with Crippen LogP contribution in [0.3, 0.4) is 0 Å². The van der Waals surface area contributed by atoms with Crippen molar-refractivity contribution in [2.75, 3.05) is 239 Å². The van der Waals surface area contributed by atoms with Gasteiger partial charge in [-0.3, -0.25) is 9.59 Å². The fourth-order valence-corrected chi connectivity index (χ4v) is 4.58. The van der Waals surface area contributed by atoms with Crippen molar-refractivity contribution in [3.8, 4) is 12.3 Å². The minimum Gasteiger partial charge on any atom is -0.481 e. The Morgan fingerprint density at radius 2 is 0.813 bits per heavy atom. The number of terminal acetylenes is 1. The largest absolute Gasteiger partial charge is 0.481 e. The van der Waals surface area contributed by atoms with E-state index in [2.05, 4.69) is 26.3 Å². The van der Waals surface area contributed by atoms with Gasteiger partial charge in [-0.05, 0) is 5.53 Å². The first-order valence-corrected chi connectivity index (χ1v) is 24.4. The molecule has 1 heterocycles. The Kier molecular flexibility index (Phi) is 68.7. The molecular weight excluding hydrogens is 1000 g/mol. The van der Waals surface area contributed by atoms with Gasteiger partial charge in [-0.1, -0.05) is 16.2 Å². The summed E-state index contributed by atoms with van der Waals surface area (Å²) >= 11 is 0. The van der Waals surface area contributed by atoms with Gasteiger partial charge in [0.2, 0.25) is 0 Å². The number of carboxylic acids is 2. The highest BCUT2D eigenvalue weighted by atomic mass is 16.6. The van der Waals surface area contributed by atoms with E-state index in [1.54, 1.807) is 18.9 Å². The summed E-state index contributed by atoms with van der Waals surface area (Å²) in [5.41, 5.74) is 8.73. The van der Waals surface area contributed by atoms with Gasteiger partial charge in [-0.15, -0.1) is 11.5 Å². The Morgan fingerprint density at radius 1 is 0.507 bits per heavy atom. The molecule has 0 bridgehead atoms. The maximum Gasteiger partial charge on any atom is 0.305 e. The minimum absolute atomic E-state index is 0.